The average Bonchev–Trinajstić information content (AvgIpc) is 3.70. The molecule has 4 N–H and O–H groups in total. The lowest BCUT2D eigenvalue weighted by Gasteiger charge is -2.37. The van der Waals surface area contributed by atoms with Gasteiger partial charge in [0.25, 0.3) is 0 Å². The highest BCUT2D eigenvalue weighted by Gasteiger charge is 2.39. The third-order valence-electron chi connectivity index (χ3n) is 11.9. The minimum Gasteiger partial charge on any atom is -0.453 e. The second-order valence-electron chi connectivity index (χ2n) is 16.2. The maximum Gasteiger partial charge on any atom is 0.407 e. The second-order valence-corrected chi connectivity index (χ2v) is 16.2. The molecule has 0 aromatic heterocycles. The molecular formula is C44H60N8O5. The molecule has 5 heterocycles. The van der Waals surface area contributed by atoms with E-state index in [2.05, 4.69) is 81.0 Å². The smallest absolute Gasteiger partial charge is 0.407 e. The number of ether oxygens (including phenoxy) is 2. The molecule has 13 nitrogen and oxygen atoms in total. The summed E-state index contributed by atoms with van der Waals surface area (Å²) in [6, 6.07) is 7.14. The molecule has 6 rings (SSSR count). The van der Waals surface area contributed by atoms with Crippen LogP contribution in [0.5, 0.6) is 0 Å². The lowest BCUT2D eigenvalue weighted by molar-refractivity contribution is -0.135. The molecule has 3 fully saturated rings. The van der Waals surface area contributed by atoms with Gasteiger partial charge in [-0.15, -0.1) is 0 Å². The highest BCUT2D eigenvalue weighted by atomic mass is 16.5. The van der Waals surface area contributed by atoms with E-state index in [-0.39, 0.29) is 35.7 Å². The van der Waals surface area contributed by atoms with Gasteiger partial charge in [-0.3, -0.25) is 19.9 Å². The van der Waals surface area contributed by atoms with Crippen molar-refractivity contribution < 1.29 is 23.9 Å². The van der Waals surface area contributed by atoms with Gasteiger partial charge in [0.2, 0.25) is 11.8 Å². The molecule has 1 aromatic rings. The minimum atomic E-state index is -0.692. The van der Waals surface area contributed by atoms with Gasteiger partial charge in [-0.25, -0.2) is 9.79 Å². The number of amides is 3. The van der Waals surface area contributed by atoms with Crippen LogP contribution in [0.3, 0.4) is 0 Å². The Morgan fingerprint density at radius 1 is 1.14 bits per heavy atom. The largest absolute Gasteiger partial charge is 0.453 e. The van der Waals surface area contributed by atoms with Gasteiger partial charge in [-0.2, -0.15) is 0 Å². The van der Waals surface area contributed by atoms with Gasteiger partial charge >= 0.3 is 6.09 Å². The number of allylic oxidation sites excluding steroid dienone is 3. The first-order valence-corrected chi connectivity index (χ1v) is 20.5. The molecule has 2 unspecified atom stereocenters. The molecule has 306 valence electrons. The number of carbonyl (C=O) groups is 3. The highest BCUT2D eigenvalue weighted by molar-refractivity contribution is 5.88. The van der Waals surface area contributed by atoms with Crippen molar-refractivity contribution in [1.29, 1.82) is 0 Å². The van der Waals surface area contributed by atoms with E-state index in [1.807, 2.05) is 30.9 Å². The number of nitrogens with zero attached hydrogens (tertiary/aromatic N) is 4. The number of fused-ring (bicyclic) bond motifs is 2. The van der Waals surface area contributed by atoms with Crippen LogP contribution in [0, 0.1) is 23.7 Å². The summed E-state index contributed by atoms with van der Waals surface area (Å²) >= 11 is 0. The van der Waals surface area contributed by atoms with E-state index in [4.69, 9.17) is 14.5 Å². The van der Waals surface area contributed by atoms with E-state index in [0.717, 1.165) is 92.0 Å². The van der Waals surface area contributed by atoms with Crippen LogP contribution in [-0.2, 0) is 19.1 Å². The maximum absolute atomic E-state index is 13.6. The molecule has 57 heavy (non-hydrogen) atoms. The van der Waals surface area contributed by atoms with E-state index in [1.165, 1.54) is 12.7 Å². The molecule has 1 aromatic carbocycles. The number of hydrogen-bond acceptors (Lipinski definition) is 10. The van der Waals surface area contributed by atoms with Crippen molar-refractivity contribution in [3.05, 3.63) is 77.8 Å². The lowest BCUT2D eigenvalue weighted by atomic mass is 9.85. The number of piperidine rings is 1. The number of amidine groups is 1. The Morgan fingerprint density at radius 3 is 2.65 bits per heavy atom. The van der Waals surface area contributed by atoms with Crippen molar-refractivity contribution >= 4 is 40.9 Å². The number of methoxy groups -OCH3 is 2. The summed E-state index contributed by atoms with van der Waals surface area (Å²) in [4.78, 5) is 52.0. The first kappa shape index (κ1) is 41.7. The van der Waals surface area contributed by atoms with E-state index in [1.54, 1.807) is 13.3 Å². The van der Waals surface area contributed by atoms with Gasteiger partial charge in [-0.1, -0.05) is 63.8 Å². The normalized spacial score (nSPS) is 24.4. The number of benzene rings is 1. The van der Waals surface area contributed by atoms with Crippen molar-refractivity contribution in [1.82, 2.24) is 31.1 Å². The molecule has 2 bridgehead atoms. The highest BCUT2D eigenvalue weighted by Crippen LogP contribution is 2.32. The second kappa shape index (κ2) is 19.5. The van der Waals surface area contributed by atoms with Gasteiger partial charge in [0.1, 0.15) is 17.6 Å². The SMILES string of the molecule is C=C(/C=C\C(CC)C1=CNC(CC2C[C@@H]3CC[C@H](NCOC)C(=O)N(C2)C3)=NC1)c1ccc(C2=CN=C=C([C@@H]3CCCN3C(=O)[C@@H](NC(=O)OC)C(C)C)N2)cc1. The van der Waals surface area contributed by atoms with Crippen LogP contribution in [-0.4, -0.2) is 105 Å². The molecular weight excluding hydrogens is 721 g/mol. The third kappa shape index (κ3) is 10.3. The maximum atomic E-state index is 13.6. The zero-order valence-corrected chi connectivity index (χ0v) is 34.2. The Kier molecular flexibility index (Phi) is 14.2. The van der Waals surface area contributed by atoms with E-state index in [0.29, 0.717) is 31.7 Å². The Bertz CT molecular complexity index is 1840. The van der Waals surface area contributed by atoms with Gasteiger partial charge in [0.15, 0.2) is 0 Å². The number of likely N-dealkylation sites (tertiary alicyclic amines) is 1. The number of rotatable bonds is 15. The van der Waals surface area contributed by atoms with Crippen LogP contribution in [0.25, 0.3) is 11.3 Å². The van der Waals surface area contributed by atoms with Gasteiger partial charge in [0.05, 0.1) is 44.4 Å². The van der Waals surface area contributed by atoms with Crippen molar-refractivity contribution in [3.8, 4) is 0 Å². The van der Waals surface area contributed by atoms with Gasteiger partial charge in [0, 0.05) is 51.2 Å². The molecule has 0 spiro atoms. The number of carbonyl (C=O) groups excluding carboxylic acids is 3. The number of aliphatic imine (C=N–C) groups is 2. The zero-order chi connectivity index (χ0) is 40.5. The lowest BCUT2D eigenvalue weighted by Crippen LogP contribution is -2.53. The average molecular weight is 781 g/mol. The van der Waals surface area contributed by atoms with Gasteiger partial charge < -0.3 is 35.2 Å². The third-order valence-corrected chi connectivity index (χ3v) is 11.9. The fourth-order valence-corrected chi connectivity index (χ4v) is 8.65. The van der Waals surface area contributed by atoms with Crippen molar-refractivity contribution in [3.63, 3.8) is 0 Å². The summed E-state index contributed by atoms with van der Waals surface area (Å²) in [5.41, 5.74) is 5.69. The zero-order valence-electron chi connectivity index (χ0n) is 34.2. The Balaban J connectivity index is 1.00. The topological polar surface area (TPSA) is 149 Å². The molecule has 3 saturated heterocycles. The molecule has 5 aliphatic rings. The first-order valence-electron chi connectivity index (χ1n) is 20.5. The fourth-order valence-electron chi connectivity index (χ4n) is 8.65. The van der Waals surface area contributed by atoms with Crippen molar-refractivity contribution in [2.45, 2.75) is 83.8 Å². The number of nitrogens with one attached hydrogen (secondary N) is 4. The summed E-state index contributed by atoms with van der Waals surface area (Å²) in [5.74, 6) is 5.20. The van der Waals surface area contributed by atoms with Gasteiger partial charge in [-0.05, 0) is 78.6 Å². The number of hydrogen-bond donors (Lipinski definition) is 4. The van der Waals surface area contributed by atoms with E-state index < -0.39 is 12.1 Å². The molecule has 0 aliphatic carbocycles. The Hall–Kier alpha value is -4.97. The fraction of sp³-hybridized carbons (Fsp3) is 0.545. The standard InChI is InChI=1S/C44H60N8O5/c1-7-32(35-21-46-40(47-22-35)20-31-19-30-11-17-36(48-27-56-5)42(53)51(25-30)26-31)12-10-29(4)33-13-15-34(16-14-33)37-23-45-24-38(49-37)39-9-8-18-52(39)43(54)41(28(2)3)50-44(55)57-6/h10,12-16,21,23,28,30-32,36,39,41,48-49H,4,7-9,11,17-20,22,25-27H2,1-3,5-6H3,(H,46,47)(H,50,55)/b12-10-/t30-,31?,32?,36-,39-,41-/m0/s1. The number of alkyl carbamates (subject to hydrolysis) is 1. The summed E-state index contributed by atoms with van der Waals surface area (Å²) in [5, 5.41) is 12.9. The summed E-state index contributed by atoms with van der Waals surface area (Å²) in [7, 11) is 2.94. The molecule has 13 heteroatoms. The van der Waals surface area contributed by atoms with Crippen LogP contribution >= 0.6 is 0 Å². The van der Waals surface area contributed by atoms with Crippen molar-refractivity contribution in [2.75, 3.05) is 47.1 Å². The Labute approximate surface area is 337 Å². The summed E-state index contributed by atoms with van der Waals surface area (Å²) < 4.78 is 9.93. The van der Waals surface area contributed by atoms with Crippen LogP contribution < -0.4 is 21.3 Å². The van der Waals surface area contributed by atoms with Crippen LogP contribution in [0.2, 0.25) is 0 Å². The van der Waals surface area contributed by atoms with Crippen LogP contribution in [0.1, 0.15) is 76.8 Å². The molecule has 3 amide bonds. The summed E-state index contributed by atoms with van der Waals surface area (Å²) in [6.45, 7) is 13.6. The minimum absolute atomic E-state index is 0.107. The molecule has 0 saturated carbocycles. The predicted molar refractivity (Wildman–Crippen MR) is 224 cm³/mol. The van der Waals surface area contributed by atoms with E-state index >= 15 is 0 Å². The quantitative estimate of drug-likeness (QED) is 0.140. The van der Waals surface area contributed by atoms with E-state index in [9.17, 15) is 14.4 Å². The van der Waals surface area contributed by atoms with Crippen LogP contribution in [0.15, 0.2) is 76.7 Å². The predicted octanol–water partition coefficient (Wildman–Crippen LogP) is 5.21. The monoisotopic (exact) mass is 780 g/mol. The van der Waals surface area contributed by atoms with Crippen molar-refractivity contribution in [2.24, 2.45) is 33.7 Å². The summed E-state index contributed by atoms with van der Waals surface area (Å²) in [6.07, 6.45) is 14.0. The molecule has 5 aliphatic heterocycles. The molecule has 6 atom stereocenters. The molecule has 0 radical (unpaired) electrons. The van der Waals surface area contributed by atoms with Crippen LogP contribution in [0.4, 0.5) is 4.79 Å². The Morgan fingerprint density at radius 2 is 1.95 bits per heavy atom. The first-order chi connectivity index (χ1) is 27.6.